The number of carbonyl (C=O) groups excluding carboxylic acids is 2. The van der Waals surface area contributed by atoms with Crippen LogP contribution in [0.4, 0.5) is 0 Å². The Bertz CT molecular complexity index is 264. The van der Waals surface area contributed by atoms with Crippen LogP contribution >= 0.6 is 0 Å². The van der Waals surface area contributed by atoms with E-state index in [9.17, 15) is 9.59 Å². The van der Waals surface area contributed by atoms with Gasteiger partial charge in [-0.1, -0.05) is 13.8 Å². The van der Waals surface area contributed by atoms with Crippen LogP contribution in [0, 0.1) is 11.8 Å². The van der Waals surface area contributed by atoms with E-state index >= 15 is 0 Å². The Morgan fingerprint density at radius 1 is 1.40 bits per heavy atom. The maximum absolute atomic E-state index is 11.0. The molecule has 1 aliphatic rings. The minimum atomic E-state index is -0.479. The van der Waals surface area contributed by atoms with Crippen LogP contribution in [0.2, 0.25) is 0 Å². The van der Waals surface area contributed by atoms with Gasteiger partial charge in [0.05, 0.1) is 18.6 Å². The van der Waals surface area contributed by atoms with Gasteiger partial charge in [-0.3, -0.25) is 4.79 Å². The first-order valence-electron chi connectivity index (χ1n) is 5.13. The van der Waals surface area contributed by atoms with Crippen molar-refractivity contribution in [1.29, 1.82) is 0 Å². The van der Waals surface area contributed by atoms with Crippen LogP contribution in [0.1, 0.15) is 26.7 Å². The lowest BCUT2D eigenvalue weighted by molar-refractivity contribution is -0.140. The fourth-order valence-corrected chi connectivity index (χ4v) is 0.869. The highest BCUT2D eigenvalue weighted by molar-refractivity contribution is 5.82. The second kappa shape index (κ2) is 5.53. The molecule has 84 valence electrons. The first-order valence-corrected chi connectivity index (χ1v) is 5.13. The van der Waals surface area contributed by atoms with Gasteiger partial charge >= 0.3 is 11.9 Å². The van der Waals surface area contributed by atoms with Gasteiger partial charge in [-0.25, -0.2) is 4.79 Å². The fourth-order valence-electron chi connectivity index (χ4n) is 0.869. The topological polar surface area (TPSA) is 52.6 Å². The van der Waals surface area contributed by atoms with E-state index in [4.69, 9.17) is 9.47 Å². The first kappa shape index (κ1) is 11.8. The molecule has 0 heterocycles. The molecular formula is C11H16O4. The van der Waals surface area contributed by atoms with Gasteiger partial charge in [0.25, 0.3) is 0 Å². The van der Waals surface area contributed by atoms with Gasteiger partial charge in [-0.15, -0.1) is 0 Å². The molecule has 0 saturated heterocycles. The molecule has 0 bridgehead atoms. The van der Waals surface area contributed by atoms with Crippen molar-refractivity contribution in [3.05, 3.63) is 12.3 Å². The van der Waals surface area contributed by atoms with Crippen molar-refractivity contribution in [3.63, 3.8) is 0 Å². The second-order valence-electron chi connectivity index (χ2n) is 4.04. The molecule has 0 amide bonds. The van der Waals surface area contributed by atoms with Crippen molar-refractivity contribution in [2.75, 3.05) is 6.61 Å². The lowest BCUT2D eigenvalue weighted by Gasteiger charge is -2.03. The molecule has 1 saturated carbocycles. The van der Waals surface area contributed by atoms with Crippen LogP contribution in [0.15, 0.2) is 12.3 Å². The smallest absolute Gasteiger partial charge is 0.333 e. The number of carbonyl (C=O) groups is 2. The van der Waals surface area contributed by atoms with Gasteiger partial charge in [0.15, 0.2) is 0 Å². The van der Waals surface area contributed by atoms with Crippen LogP contribution in [0.3, 0.4) is 0 Å². The van der Waals surface area contributed by atoms with Gasteiger partial charge in [-0.05, 0) is 18.8 Å². The Kier molecular flexibility index (Phi) is 4.34. The third-order valence-corrected chi connectivity index (χ3v) is 1.86. The molecule has 0 aromatic carbocycles. The molecule has 0 N–H and O–H groups in total. The van der Waals surface area contributed by atoms with E-state index in [1.54, 1.807) is 0 Å². The molecule has 0 aliphatic heterocycles. The Hall–Kier alpha value is -1.32. The fraction of sp³-hybridized carbons (Fsp3) is 0.636. The van der Waals surface area contributed by atoms with Crippen LogP contribution < -0.4 is 0 Å². The number of hydrogen-bond donors (Lipinski definition) is 0. The third-order valence-electron chi connectivity index (χ3n) is 1.86. The molecule has 1 fully saturated rings. The van der Waals surface area contributed by atoms with Crippen LogP contribution in [-0.2, 0) is 19.1 Å². The zero-order valence-electron chi connectivity index (χ0n) is 9.06. The summed E-state index contributed by atoms with van der Waals surface area (Å²) >= 11 is 0. The molecule has 1 rings (SSSR count). The van der Waals surface area contributed by atoms with E-state index in [1.807, 2.05) is 13.8 Å². The monoisotopic (exact) mass is 212 g/mol. The van der Waals surface area contributed by atoms with Gasteiger partial charge < -0.3 is 9.47 Å². The summed E-state index contributed by atoms with van der Waals surface area (Å²) in [6.45, 7) is 4.27. The van der Waals surface area contributed by atoms with Crippen molar-refractivity contribution in [2.45, 2.75) is 26.7 Å². The summed E-state index contributed by atoms with van der Waals surface area (Å²) in [5, 5.41) is 0. The molecule has 4 nitrogen and oxygen atoms in total. The molecule has 0 atom stereocenters. The Morgan fingerprint density at radius 2 is 2.07 bits per heavy atom. The summed E-state index contributed by atoms with van der Waals surface area (Å²) in [6.07, 6.45) is 4.01. The Labute approximate surface area is 89.2 Å². The van der Waals surface area contributed by atoms with E-state index in [1.165, 1.54) is 0 Å². The maximum atomic E-state index is 11.0. The summed E-state index contributed by atoms with van der Waals surface area (Å²) in [7, 11) is 0. The summed E-state index contributed by atoms with van der Waals surface area (Å²) in [6, 6.07) is 0. The van der Waals surface area contributed by atoms with Crippen molar-refractivity contribution >= 4 is 11.9 Å². The van der Waals surface area contributed by atoms with Crippen LogP contribution in [-0.4, -0.2) is 18.5 Å². The van der Waals surface area contributed by atoms with E-state index in [0.29, 0.717) is 12.5 Å². The quantitative estimate of drug-likeness (QED) is 0.395. The van der Waals surface area contributed by atoms with Crippen molar-refractivity contribution in [1.82, 2.24) is 0 Å². The molecule has 0 radical (unpaired) electrons. The minimum Gasteiger partial charge on any atom is -0.462 e. The molecule has 1 aliphatic carbocycles. The highest BCUT2D eigenvalue weighted by Gasteiger charge is 2.30. The van der Waals surface area contributed by atoms with E-state index in [2.05, 4.69) is 0 Å². The highest BCUT2D eigenvalue weighted by Crippen LogP contribution is 2.30. The van der Waals surface area contributed by atoms with Gasteiger partial charge in [0.1, 0.15) is 6.26 Å². The average molecular weight is 212 g/mol. The van der Waals surface area contributed by atoms with Crippen molar-refractivity contribution in [3.8, 4) is 0 Å². The van der Waals surface area contributed by atoms with Crippen molar-refractivity contribution in [2.24, 2.45) is 11.8 Å². The third kappa shape index (κ3) is 5.20. The lowest BCUT2D eigenvalue weighted by Crippen LogP contribution is -2.08. The second-order valence-corrected chi connectivity index (χ2v) is 4.04. The molecule has 0 aromatic rings. The summed E-state index contributed by atoms with van der Waals surface area (Å²) < 4.78 is 9.57. The normalized spacial score (nSPS) is 15.7. The van der Waals surface area contributed by atoms with Crippen molar-refractivity contribution < 1.29 is 19.1 Å². The number of rotatable bonds is 5. The van der Waals surface area contributed by atoms with Gasteiger partial charge in [-0.2, -0.15) is 0 Å². The number of hydrogen-bond acceptors (Lipinski definition) is 4. The number of esters is 2. The van der Waals surface area contributed by atoms with Gasteiger partial charge in [0.2, 0.25) is 0 Å². The summed E-state index contributed by atoms with van der Waals surface area (Å²) in [5.74, 6) is -0.395. The summed E-state index contributed by atoms with van der Waals surface area (Å²) in [4.78, 5) is 22.0. The molecule has 4 heteroatoms. The predicted octanol–water partition coefficient (Wildman–Crippen LogP) is 1.65. The maximum Gasteiger partial charge on any atom is 0.333 e. The molecule has 15 heavy (non-hydrogen) atoms. The summed E-state index contributed by atoms with van der Waals surface area (Å²) in [5.41, 5.74) is 0. The zero-order chi connectivity index (χ0) is 11.3. The Balaban J connectivity index is 2.13. The zero-order valence-corrected chi connectivity index (χ0v) is 9.06. The van der Waals surface area contributed by atoms with E-state index < -0.39 is 5.97 Å². The first-order chi connectivity index (χ1) is 7.09. The van der Waals surface area contributed by atoms with Gasteiger partial charge in [0, 0.05) is 0 Å². The van der Waals surface area contributed by atoms with Crippen LogP contribution in [0.5, 0.6) is 0 Å². The van der Waals surface area contributed by atoms with E-state index in [0.717, 1.165) is 25.2 Å². The number of ether oxygens (including phenoxy) is 2. The van der Waals surface area contributed by atoms with E-state index in [-0.39, 0.29) is 11.9 Å². The molecular weight excluding hydrogens is 196 g/mol. The molecule has 0 unspecified atom stereocenters. The minimum absolute atomic E-state index is 0.0429. The standard InChI is InChI=1S/C11H16O4/c1-8(2)7-15-10(12)5-6-14-11(13)9-3-4-9/h5-6,8-9H,3-4,7H2,1-2H3/b6-5+. The average Bonchev–Trinajstić information content (AvgIpc) is 2.97. The lowest BCUT2D eigenvalue weighted by atomic mass is 10.2. The Morgan fingerprint density at radius 3 is 2.60 bits per heavy atom. The SMILES string of the molecule is CC(C)COC(=O)/C=C/OC(=O)C1CC1. The molecule has 0 aromatic heterocycles. The predicted molar refractivity (Wildman–Crippen MR) is 53.8 cm³/mol. The van der Waals surface area contributed by atoms with Crippen LogP contribution in [0.25, 0.3) is 0 Å². The molecule has 0 spiro atoms. The largest absolute Gasteiger partial charge is 0.462 e. The highest BCUT2D eigenvalue weighted by atomic mass is 16.5.